The van der Waals surface area contributed by atoms with Crippen LogP contribution >= 0.6 is 0 Å². The zero-order valence-corrected chi connectivity index (χ0v) is 25.7. The zero-order valence-electron chi connectivity index (χ0n) is 24.9. The van der Waals surface area contributed by atoms with Crippen molar-refractivity contribution in [3.05, 3.63) is 82.3 Å². The molecule has 1 aliphatic heterocycles. The van der Waals surface area contributed by atoms with Crippen molar-refractivity contribution in [1.82, 2.24) is 19.4 Å². The first-order valence-electron chi connectivity index (χ1n) is 14.4. The molecule has 43 heavy (non-hydrogen) atoms. The van der Waals surface area contributed by atoms with Gasteiger partial charge in [-0.25, -0.2) is 4.98 Å². The lowest BCUT2D eigenvalue weighted by molar-refractivity contribution is 0.0937. The molecule has 226 valence electrons. The SMILES string of the molecule is COCCS(=O)c1ccccc1Cn1c(=O)c(C(=O)C(C)C)cc2cnc(Nc3ccc(OC4CCN(C)C4)cc3)nc21. The average Bonchev–Trinajstić information content (AvgIpc) is 3.42. The number of rotatable bonds is 12. The van der Waals surface area contributed by atoms with Gasteiger partial charge in [0, 0.05) is 48.3 Å². The molecule has 1 fully saturated rings. The summed E-state index contributed by atoms with van der Waals surface area (Å²) < 4.78 is 25.7. The second kappa shape index (κ2) is 13.6. The van der Waals surface area contributed by atoms with Crippen molar-refractivity contribution >= 4 is 39.3 Å². The molecule has 5 rings (SSSR count). The predicted molar refractivity (Wildman–Crippen MR) is 168 cm³/mol. The molecular weight excluding hydrogens is 566 g/mol. The number of methoxy groups -OCH3 is 1. The van der Waals surface area contributed by atoms with Gasteiger partial charge < -0.3 is 19.7 Å². The highest BCUT2D eigenvalue weighted by Gasteiger charge is 2.22. The maximum absolute atomic E-state index is 13.8. The lowest BCUT2D eigenvalue weighted by atomic mass is 10.0. The maximum atomic E-state index is 13.8. The van der Waals surface area contributed by atoms with Crippen molar-refractivity contribution in [2.45, 2.75) is 37.8 Å². The molecule has 2 aromatic carbocycles. The monoisotopic (exact) mass is 603 g/mol. The van der Waals surface area contributed by atoms with Crippen LogP contribution in [0.5, 0.6) is 5.75 Å². The number of fused-ring (bicyclic) bond motifs is 1. The fraction of sp³-hybridized carbons (Fsp3) is 0.375. The Balaban J connectivity index is 1.49. The first-order chi connectivity index (χ1) is 20.7. The van der Waals surface area contributed by atoms with Crippen molar-refractivity contribution in [3.8, 4) is 5.75 Å². The van der Waals surface area contributed by atoms with Crippen LogP contribution in [-0.4, -0.2) is 75.1 Å². The van der Waals surface area contributed by atoms with E-state index in [2.05, 4.69) is 22.2 Å². The number of likely N-dealkylation sites (tertiary alicyclic amines) is 1. The molecule has 3 heterocycles. The summed E-state index contributed by atoms with van der Waals surface area (Å²) in [5.74, 6) is 0.795. The predicted octanol–water partition coefficient (Wildman–Crippen LogP) is 4.26. The molecule has 2 atom stereocenters. The first kappa shape index (κ1) is 30.5. The number of ether oxygens (including phenoxy) is 2. The zero-order chi connectivity index (χ0) is 30.5. The lowest BCUT2D eigenvalue weighted by Crippen LogP contribution is -2.29. The molecule has 1 N–H and O–H groups in total. The van der Waals surface area contributed by atoms with Crippen LogP contribution < -0.4 is 15.6 Å². The summed E-state index contributed by atoms with van der Waals surface area (Å²) in [6.45, 7) is 5.88. The minimum absolute atomic E-state index is 0.0776. The number of hydrogen-bond acceptors (Lipinski definition) is 9. The third-order valence-electron chi connectivity index (χ3n) is 7.40. The standard InChI is InChI=1S/C32H37N5O5S/c1-21(2)29(38)27-17-23-18-33-32(34-24-9-11-25(12-10-24)42-26-13-14-36(3)20-26)35-30(23)37(31(27)39)19-22-7-5-6-8-28(22)43(40)16-15-41-4/h5-12,17-18,21,26H,13-16,19-20H2,1-4H3,(H,33,34,35). The number of carbonyl (C=O) groups is 1. The fourth-order valence-corrected chi connectivity index (χ4v) is 6.27. The van der Waals surface area contributed by atoms with Gasteiger partial charge in [-0.3, -0.25) is 18.4 Å². The maximum Gasteiger partial charge on any atom is 0.263 e. The van der Waals surface area contributed by atoms with Crippen molar-refractivity contribution in [3.63, 3.8) is 0 Å². The van der Waals surface area contributed by atoms with Crippen molar-refractivity contribution < 1.29 is 18.5 Å². The number of nitrogens with zero attached hydrogens (tertiary/aromatic N) is 4. The Morgan fingerprint density at radius 1 is 1.16 bits per heavy atom. The lowest BCUT2D eigenvalue weighted by Gasteiger charge is -2.16. The first-order valence-corrected chi connectivity index (χ1v) is 15.7. The van der Waals surface area contributed by atoms with E-state index in [1.165, 1.54) is 4.57 Å². The second-order valence-corrected chi connectivity index (χ2v) is 12.6. The number of aromatic nitrogens is 3. The summed E-state index contributed by atoms with van der Waals surface area (Å²) in [5.41, 5.74) is 1.45. The Labute approximate surface area is 253 Å². The van der Waals surface area contributed by atoms with E-state index in [4.69, 9.17) is 14.5 Å². The normalized spacial score (nSPS) is 16.1. The van der Waals surface area contributed by atoms with Gasteiger partial charge in [0.25, 0.3) is 5.56 Å². The van der Waals surface area contributed by atoms with E-state index < -0.39 is 16.4 Å². The molecule has 1 aliphatic rings. The van der Waals surface area contributed by atoms with Gasteiger partial charge >= 0.3 is 0 Å². The largest absolute Gasteiger partial charge is 0.489 e. The van der Waals surface area contributed by atoms with Gasteiger partial charge in [-0.15, -0.1) is 0 Å². The van der Waals surface area contributed by atoms with E-state index in [-0.39, 0.29) is 29.9 Å². The summed E-state index contributed by atoms with van der Waals surface area (Å²) >= 11 is 0. The molecule has 0 spiro atoms. The van der Waals surface area contributed by atoms with E-state index in [1.807, 2.05) is 42.5 Å². The molecule has 10 nitrogen and oxygen atoms in total. The van der Waals surface area contributed by atoms with Crippen molar-refractivity contribution in [2.75, 3.05) is 44.9 Å². The molecule has 0 bridgehead atoms. The molecule has 0 amide bonds. The summed E-state index contributed by atoms with van der Waals surface area (Å²) in [4.78, 5) is 38.9. The van der Waals surface area contributed by atoms with Gasteiger partial charge in [-0.2, -0.15) is 4.98 Å². The number of benzene rings is 2. The number of nitrogens with one attached hydrogen (secondary N) is 1. The smallest absolute Gasteiger partial charge is 0.263 e. The van der Waals surface area contributed by atoms with Gasteiger partial charge in [-0.1, -0.05) is 32.0 Å². The van der Waals surface area contributed by atoms with Crippen LogP contribution in [0, 0.1) is 5.92 Å². The number of anilines is 2. The number of carbonyl (C=O) groups excluding carboxylic acids is 1. The Morgan fingerprint density at radius 2 is 1.93 bits per heavy atom. The van der Waals surface area contributed by atoms with E-state index in [9.17, 15) is 13.8 Å². The van der Waals surface area contributed by atoms with Gasteiger partial charge in [-0.05, 0) is 55.4 Å². The Bertz CT molecular complexity index is 1690. The number of pyridine rings is 1. The quantitative estimate of drug-likeness (QED) is 0.237. The van der Waals surface area contributed by atoms with Gasteiger partial charge in [0.1, 0.15) is 17.5 Å². The second-order valence-electron chi connectivity index (χ2n) is 11.0. The Hall–Kier alpha value is -3.93. The van der Waals surface area contributed by atoms with Gasteiger partial charge in [0.2, 0.25) is 5.95 Å². The number of hydrogen-bond donors (Lipinski definition) is 1. The van der Waals surface area contributed by atoms with E-state index >= 15 is 0 Å². The van der Waals surface area contributed by atoms with Crippen LogP contribution in [0.3, 0.4) is 0 Å². The molecule has 2 unspecified atom stereocenters. The van der Waals surface area contributed by atoms with Crippen LogP contribution in [0.25, 0.3) is 11.0 Å². The van der Waals surface area contributed by atoms with Crippen LogP contribution in [0.15, 0.2) is 70.5 Å². The van der Waals surface area contributed by atoms with E-state index in [0.29, 0.717) is 39.8 Å². The highest BCUT2D eigenvalue weighted by molar-refractivity contribution is 7.85. The van der Waals surface area contributed by atoms with E-state index in [0.717, 1.165) is 30.9 Å². The van der Waals surface area contributed by atoms with Crippen molar-refractivity contribution in [2.24, 2.45) is 5.92 Å². The molecule has 0 radical (unpaired) electrons. The van der Waals surface area contributed by atoms with E-state index in [1.54, 1.807) is 39.3 Å². The average molecular weight is 604 g/mol. The fourth-order valence-electron chi connectivity index (χ4n) is 5.08. The molecule has 4 aromatic rings. The highest BCUT2D eigenvalue weighted by atomic mass is 32.2. The highest BCUT2D eigenvalue weighted by Crippen LogP contribution is 2.24. The van der Waals surface area contributed by atoms with Crippen LogP contribution in [0.1, 0.15) is 36.2 Å². The Morgan fingerprint density at radius 3 is 2.63 bits per heavy atom. The minimum atomic E-state index is -1.33. The summed E-state index contributed by atoms with van der Waals surface area (Å²) in [6.07, 6.45) is 2.79. The number of ketones is 1. The third-order valence-corrected chi connectivity index (χ3v) is 8.82. The summed E-state index contributed by atoms with van der Waals surface area (Å²) in [6, 6.07) is 16.4. The minimum Gasteiger partial charge on any atom is -0.489 e. The third kappa shape index (κ3) is 7.18. The van der Waals surface area contributed by atoms with Crippen LogP contribution in [0.2, 0.25) is 0 Å². The van der Waals surface area contributed by atoms with Crippen LogP contribution in [-0.2, 0) is 22.1 Å². The Kier molecular flexibility index (Phi) is 9.64. The number of Topliss-reactive ketones (excluding diaryl/α,β-unsaturated/α-hetero) is 1. The molecule has 2 aromatic heterocycles. The summed E-state index contributed by atoms with van der Waals surface area (Å²) in [5, 5.41) is 3.77. The molecule has 1 saturated heterocycles. The molecule has 0 saturated carbocycles. The molecular formula is C32H37N5O5S. The van der Waals surface area contributed by atoms with Crippen molar-refractivity contribution in [1.29, 1.82) is 0 Å². The molecule has 11 heteroatoms. The van der Waals surface area contributed by atoms with Gasteiger partial charge in [0.15, 0.2) is 5.78 Å². The molecule has 0 aliphatic carbocycles. The van der Waals surface area contributed by atoms with Gasteiger partial charge in [0.05, 0.1) is 35.3 Å². The summed E-state index contributed by atoms with van der Waals surface area (Å²) in [7, 11) is 2.32. The number of likely N-dealkylation sites (N-methyl/N-ethyl adjacent to an activating group) is 1. The van der Waals surface area contributed by atoms with Crippen LogP contribution in [0.4, 0.5) is 11.6 Å². The topological polar surface area (TPSA) is 116 Å².